The molecule has 7 nitrogen and oxygen atoms in total. The molecule has 1 heterocycles. The van der Waals surface area contributed by atoms with Crippen LogP contribution < -0.4 is 21.7 Å². The number of halogens is 3. The van der Waals surface area contributed by atoms with Crippen LogP contribution in [0.5, 0.6) is 0 Å². The Morgan fingerprint density at radius 2 is 1.96 bits per heavy atom. The summed E-state index contributed by atoms with van der Waals surface area (Å²) >= 11 is 1.01. The normalized spacial score (nSPS) is 11.3. The number of nitrogens with two attached hydrogens (primary N) is 2. The molecule has 5 N–H and O–H groups in total. The van der Waals surface area contributed by atoms with Gasteiger partial charge in [0.1, 0.15) is 10.7 Å². The summed E-state index contributed by atoms with van der Waals surface area (Å²) in [6.07, 6.45) is -4.48. The van der Waals surface area contributed by atoms with Crippen molar-refractivity contribution in [3.63, 3.8) is 0 Å². The predicted octanol–water partition coefficient (Wildman–Crippen LogP) is 2.46. The minimum atomic E-state index is -4.48. The Morgan fingerprint density at radius 1 is 1.27 bits per heavy atom. The molecular formula is C15H17F3N6OS. The minimum Gasteiger partial charge on any atom is -0.394 e. The molecule has 2 aromatic rings. The first-order valence-corrected chi connectivity index (χ1v) is 8.26. The van der Waals surface area contributed by atoms with Crippen molar-refractivity contribution < 1.29 is 18.0 Å². The van der Waals surface area contributed by atoms with Gasteiger partial charge in [0, 0.05) is 19.8 Å². The van der Waals surface area contributed by atoms with E-state index in [1.165, 1.54) is 12.1 Å². The molecule has 0 radical (unpaired) electrons. The van der Waals surface area contributed by atoms with E-state index in [4.69, 9.17) is 11.5 Å². The Labute approximate surface area is 152 Å². The van der Waals surface area contributed by atoms with Crippen LogP contribution >= 0.6 is 11.8 Å². The van der Waals surface area contributed by atoms with E-state index in [0.717, 1.165) is 23.9 Å². The number of hydrogen-bond acceptors (Lipinski definition) is 7. The predicted molar refractivity (Wildman–Crippen MR) is 96.0 cm³/mol. The molecule has 0 aliphatic carbocycles. The quantitative estimate of drug-likeness (QED) is 0.535. The molecule has 2 rings (SSSR count). The number of carbonyl (C=O) groups is 1. The van der Waals surface area contributed by atoms with Gasteiger partial charge in [-0.05, 0) is 18.2 Å². The molecule has 11 heteroatoms. The van der Waals surface area contributed by atoms with Crippen LogP contribution in [0.15, 0.2) is 29.3 Å². The lowest BCUT2D eigenvalue weighted by molar-refractivity contribution is -0.137. The maximum atomic E-state index is 12.7. The molecule has 0 aliphatic heterocycles. The summed E-state index contributed by atoms with van der Waals surface area (Å²) in [6, 6.07) is 4.39. The minimum absolute atomic E-state index is 0.00341. The molecule has 0 spiro atoms. The van der Waals surface area contributed by atoms with Gasteiger partial charge in [0.15, 0.2) is 5.82 Å². The van der Waals surface area contributed by atoms with Crippen LogP contribution in [0.3, 0.4) is 0 Å². The van der Waals surface area contributed by atoms with Gasteiger partial charge in [-0.1, -0.05) is 17.8 Å². The van der Waals surface area contributed by atoms with Gasteiger partial charge in [0.25, 0.3) is 0 Å². The summed E-state index contributed by atoms with van der Waals surface area (Å²) < 4.78 is 38.1. The van der Waals surface area contributed by atoms with Gasteiger partial charge in [-0.3, -0.25) is 4.79 Å². The van der Waals surface area contributed by atoms with Gasteiger partial charge in [-0.2, -0.15) is 18.2 Å². The van der Waals surface area contributed by atoms with Crippen LogP contribution in [0.1, 0.15) is 5.56 Å². The Kier molecular flexibility index (Phi) is 5.80. The second-order valence-corrected chi connectivity index (χ2v) is 6.40. The molecule has 0 bridgehead atoms. The first kappa shape index (κ1) is 19.6. The number of anilines is 4. The number of alkyl halides is 3. The fourth-order valence-corrected chi connectivity index (χ4v) is 2.75. The number of thioether (sulfide) groups is 1. The molecule has 0 unspecified atom stereocenters. The average molecular weight is 386 g/mol. The molecule has 0 saturated carbocycles. The summed E-state index contributed by atoms with van der Waals surface area (Å²) in [4.78, 5) is 21.7. The third-order valence-corrected chi connectivity index (χ3v) is 4.14. The van der Waals surface area contributed by atoms with Crippen molar-refractivity contribution in [2.75, 3.05) is 41.5 Å². The van der Waals surface area contributed by atoms with Crippen molar-refractivity contribution in [1.29, 1.82) is 0 Å². The second-order valence-electron chi connectivity index (χ2n) is 5.43. The zero-order valence-corrected chi connectivity index (χ0v) is 14.8. The highest BCUT2D eigenvalue weighted by Crippen LogP contribution is 2.32. The van der Waals surface area contributed by atoms with E-state index in [1.54, 1.807) is 19.0 Å². The summed E-state index contributed by atoms with van der Waals surface area (Å²) in [5.74, 6) is -0.191. The number of hydrogen-bond donors (Lipinski definition) is 3. The van der Waals surface area contributed by atoms with Gasteiger partial charge >= 0.3 is 6.18 Å². The van der Waals surface area contributed by atoms with Crippen LogP contribution in [0.4, 0.5) is 36.3 Å². The van der Waals surface area contributed by atoms with E-state index >= 15 is 0 Å². The molecule has 140 valence electrons. The zero-order valence-electron chi connectivity index (χ0n) is 14.0. The van der Waals surface area contributed by atoms with E-state index in [9.17, 15) is 18.0 Å². The van der Waals surface area contributed by atoms with Crippen LogP contribution in [0.2, 0.25) is 0 Å². The molecule has 0 atom stereocenters. The summed E-state index contributed by atoms with van der Waals surface area (Å²) in [6.45, 7) is 0. The van der Waals surface area contributed by atoms with E-state index in [2.05, 4.69) is 15.3 Å². The van der Waals surface area contributed by atoms with Gasteiger partial charge in [-0.15, -0.1) is 0 Å². The van der Waals surface area contributed by atoms with Crippen LogP contribution in [-0.4, -0.2) is 35.7 Å². The van der Waals surface area contributed by atoms with Crippen molar-refractivity contribution in [2.45, 2.75) is 11.2 Å². The van der Waals surface area contributed by atoms with Crippen LogP contribution in [0, 0.1) is 0 Å². The molecular weight excluding hydrogens is 369 g/mol. The lowest BCUT2D eigenvalue weighted by atomic mass is 10.2. The van der Waals surface area contributed by atoms with Gasteiger partial charge < -0.3 is 21.7 Å². The Bertz CT molecular complexity index is 812. The Morgan fingerprint density at radius 3 is 2.58 bits per heavy atom. The topological polar surface area (TPSA) is 110 Å². The van der Waals surface area contributed by atoms with Crippen LogP contribution in [-0.2, 0) is 11.0 Å². The number of nitrogens with one attached hydrogen (secondary N) is 1. The van der Waals surface area contributed by atoms with Gasteiger partial charge in [0.2, 0.25) is 11.9 Å². The largest absolute Gasteiger partial charge is 0.416 e. The number of nitrogen functional groups attached to an aromatic ring is 2. The zero-order chi connectivity index (χ0) is 19.5. The van der Waals surface area contributed by atoms with E-state index < -0.39 is 17.6 Å². The van der Waals surface area contributed by atoms with E-state index in [1.807, 2.05) is 0 Å². The van der Waals surface area contributed by atoms with Gasteiger partial charge in [-0.25, -0.2) is 4.98 Å². The third-order valence-electron chi connectivity index (χ3n) is 3.15. The maximum absolute atomic E-state index is 12.7. The highest BCUT2D eigenvalue weighted by atomic mass is 32.2. The number of benzene rings is 1. The second kappa shape index (κ2) is 7.68. The van der Waals surface area contributed by atoms with Crippen molar-refractivity contribution in [3.8, 4) is 0 Å². The van der Waals surface area contributed by atoms with Crippen molar-refractivity contribution in [1.82, 2.24) is 9.97 Å². The summed E-state index contributed by atoms with van der Waals surface area (Å²) in [5, 5.41) is 2.73. The van der Waals surface area contributed by atoms with Crippen molar-refractivity contribution in [3.05, 3.63) is 29.8 Å². The molecule has 1 aromatic carbocycles. The highest BCUT2D eigenvalue weighted by Gasteiger charge is 2.30. The number of nitrogens with zero attached hydrogens (tertiary/aromatic N) is 3. The molecule has 0 saturated heterocycles. The lowest BCUT2D eigenvalue weighted by Gasteiger charge is -2.16. The average Bonchev–Trinajstić information content (AvgIpc) is 2.54. The van der Waals surface area contributed by atoms with E-state index in [-0.39, 0.29) is 23.1 Å². The number of amides is 1. The molecule has 26 heavy (non-hydrogen) atoms. The molecule has 0 aliphatic rings. The lowest BCUT2D eigenvalue weighted by Crippen LogP contribution is -2.17. The SMILES string of the molecule is CN(C)c1nc(N)nc(SCC(=O)Nc2cccc(C(F)(F)F)c2)c1N. The fourth-order valence-electron chi connectivity index (χ4n) is 2.01. The van der Waals surface area contributed by atoms with E-state index in [0.29, 0.717) is 10.8 Å². The smallest absolute Gasteiger partial charge is 0.394 e. The first-order chi connectivity index (χ1) is 12.1. The Balaban J connectivity index is 2.06. The Hall–Kier alpha value is -2.69. The fraction of sp³-hybridized carbons (Fsp3) is 0.267. The number of rotatable bonds is 5. The van der Waals surface area contributed by atoms with Crippen molar-refractivity contribution >= 4 is 40.8 Å². The van der Waals surface area contributed by atoms with Crippen LogP contribution in [0.25, 0.3) is 0 Å². The number of aromatic nitrogens is 2. The first-order valence-electron chi connectivity index (χ1n) is 7.28. The summed E-state index contributed by atoms with van der Waals surface area (Å²) in [5.41, 5.74) is 11.1. The standard InChI is InChI=1S/C15H17F3N6OS/c1-24(2)12-11(19)13(23-14(20)22-12)26-7-10(25)21-9-5-3-4-8(6-9)15(16,17)18/h3-6H,7,19H2,1-2H3,(H,21,25)(H2,20,22,23). The monoisotopic (exact) mass is 386 g/mol. The summed E-state index contributed by atoms with van der Waals surface area (Å²) in [7, 11) is 3.46. The van der Waals surface area contributed by atoms with Gasteiger partial charge in [0.05, 0.1) is 11.3 Å². The molecule has 1 amide bonds. The molecule has 1 aromatic heterocycles. The highest BCUT2D eigenvalue weighted by molar-refractivity contribution is 8.00. The number of carbonyl (C=O) groups excluding carboxylic acids is 1. The maximum Gasteiger partial charge on any atom is 0.416 e. The molecule has 0 fully saturated rings. The third kappa shape index (κ3) is 4.91. The van der Waals surface area contributed by atoms with Crippen molar-refractivity contribution in [2.24, 2.45) is 0 Å².